The number of esters is 2. The monoisotopic (exact) mass is 457 g/mol. The molecule has 0 aliphatic carbocycles. The molecule has 0 atom stereocenters. The molecule has 0 spiro atoms. The first-order valence-corrected chi connectivity index (χ1v) is 11.1. The number of benzene rings is 2. The van der Waals surface area contributed by atoms with E-state index in [2.05, 4.69) is 22.5 Å². The van der Waals surface area contributed by atoms with Crippen LogP contribution in [0.15, 0.2) is 73.3 Å². The quantitative estimate of drug-likeness (QED) is 0.273. The highest BCUT2D eigenvalue weighted by atomic mass is 16.5. The highest BCUT2D eigenvalue weighted by molar-refractivity contribution is 5.91. The summed E-state index contributed by atoms with van der Waals surface area (Å²) in [5, 5.41) is 1.07. The van der Waals surface area contributed by atoms with Crippen molar-refractivity contribution in [1.82, 2.24) is 14.1 Å². The van der Waals surface area contributed by atoms with Crippen LogP contribution in [0.5, 0.6) is 0 Å². The molecule has 0 unspecified atom stereocenters. The van der Waals surface area contributed by atoms with Crippen LogP contribution in [0.25, 0.3) is 17.0 Å². The average molecular weight is 458 g/mol. The molecule has 34 heavy (non-hydrogen) atoms. The van der Waals surface area contributed by atoms with Gasteiger partial charge in [-0.25, -0.2) is 9.78 Å². The molecular weight excluding hydrogens is 430 g/mol. The fourth-order valence-corrected chi connectivity index (χ4v) is 3.97. The van der Waals surface area contributed by atoms with E-state index < -0.39 is 5.97 Å². The van der Waals surface area contributed by atoms with Crippen LogP contribution in [0.4, 0.5) is 0 Å². The Balaban J connectivity index is 1.58. The van der Waals surface area contributed by atoms with E-state index in [1.165, 1.54) is 13.2 Å². The van der Waals surface area contributed by atoms with Crippen LogP contribution < -0.4 is 0 Å². The standard InChI is InChI=1S/C27H27N3O4/c1-20-24(17-29-15-13-28-19-29)23-16-21(8-10-25(23)30(20)14-12-26(31)33-2)9-11-27(32)34-18-22-6-4-3-5-7-22/h3-11,13,15-16,19H,12,14,17-18H2,1-2H3/b11-9+. The van der Waals surface area contributed by atoms with E-state index in [-0.39, 0.29) is 12.6 Å². The van der Waals surface area contributed by atoms with Gasteiger partial charge in [-0.2, -0.15) is 0 Å². The first-order valence-electron chi connectivity index (χ1n) is 11.1. The van der Waals surface area contributed by atoms with E-state index >= 15 is 0 Å². The Morgan fingerprint density at radius 3 is 2.68 bits per heavy atom. The minimum absolute atomic E-state index is 0.236. The lowest BCUT2D eigenvalue weighted by Gasteiger charge is -2.08. The van der Waals surface area contributed by atoms with Gasteiger partial charge in [0, 0.05) is 47.2 Å². The van der Waals surface area contributed by atoms with Crippen LogP contribution in [-0.4, -0.2) is 33.2 Å². The number of carbonyl (C=O) groups is 2. The summed E-state index contributed by atoms with van der Waals surface area (Å²) in [6.45, 7) is 3.47. The van der Waals surface area contributed by atoms with Crippen molar-refractivity contribution >= 4 is 28.9 Å². The van der Waals surface area contributed by atoms with Gasteiger partial charge in [-0.05, 0) is 36.3 Å². The number of hydrogen-bond acceptors (Lipinski definition) is 5. The Bertz CT molecular complexity index is 1300. The van der Waals surface area contributed by atoms with Crippen molar-refractivity contribution in [2.75, 3.05) is 7.11 Å². The largest absolute Gasteiger partial charge is 0.469 e. The lowest BCUT2D eigenvalue weighted by molar-refractivity contribution is -0.141. The summed E-state index contributed by atoms with van der Waals surface area (Å²) >= 11 is 0. The van der Waals surface area contributed by atoms with Gasteiger partial charge in [-0.15, -0.1) is 0 Å². The molecule has 0 bridgehead atoms. The molecule has 2 heterocycles. The number of hydrogen-bond donors (Lipinski definition) is 0. The molecule has 0 N–H and O–H groups in total. The number of methoxy groups -OCH3 is 1. The fourth-order valence-electron chi connectivity index (χ4n) is 3.97. The zero-order valence-electron chi connectivity index (χ0n) is 19.3. The molecule has 7 heteroatoms. The number of imidazole rings is 1. The van der Waals surface area contributed by atoms with E-state index in [0.29, 0.717) is 19.5 Å². The molecule has 2 aromatic heterocycles. The minimum atomic E-state index is -0.394. The molecule has 0 radical (unpaired) electrons. The van der Waals surface area contributed by atoms with Gasteiger partial charge in [0.25, 0.3) is 0 Å². The molecule has 0 amide bonds. The predicted molar refractivity (Wildman–Crippen MR) is 130 cm³/mol. The lowest BCUT2D eigenvalue weighted by atomic mass is 10.1. The summed E-state index contributed by atoms with van der Waals surface area (Å²) < 4.78 is 14.3. The van der Waals surface area contributed by atoms with Crippen LogP contribution in [0.1, 0.15) is 28.8 Å². The smallest absolute Gasteiger partial charge is 0.331 e. The summed E-state index contributed by atoms with van der Waals surface area (Å²) in [7, 11) is 1.40. The fraction of sp³-hybridized carbons (Fsp3) is 0.222. The van der Waals surface area contributed by atoms with Gasteiger partial charge in [-0.1, -0.05) is 36.4 Å². The van der Waals surface area contributed by atoms with E-state index in [9.17, 15) is 9.59 Å². The first-order chi connectivity index (χ1) is 16.5. The Labute approximate surface area is 198 Å². The summed E-state index contributed by atoms with van der Waals surface area (Å²) in [6.07, 6.45) is 8.95. The first kappa shape index (κ1) is 23.0. The van der Waals surface area contributed by atoms with E-state index in [0.717, 1.165) is 33.3 Å². The van der Waals surface area contributed by atoms with Crippen LogP contribution in [-0.2, 0) is 38.8 Å². The van der Waals surface area contributed by atoms with Crippen LogP contribution in [0.3, 0.4) is 0 Å². The molecule has 0 aliphatic heterocycles. The van der Waals surface area contributed by atoms with Gasteiger partial charge in [0.05, 0.1) is 26.4 Å². The number of rotatable bonds is 9. The number of ether oxygens (including phenoxy) is 2. The highest BCUT2D eigenvalue weighted by Crippen LogP contribution is 2.29. The molecule has 0 aliphatic rings. The SMILES string of the molecule is COC(=O)CCn1c(C)c(Cn2ccnc2)c2cc(/C=C/C(=O)OCc3ccccc3)ccc21. The summed E-state index contributed by atoms with van der Waals surface area (Å²) in [5.74, 6) is -0.639. The third kappa shape index (κ3) is 5.43. The third-order valence-electron chi connectivity index (χ3n) is 5.78. The number of carbonyl (C=O) groups excluding carboxylic acids is 2. The second-order valence-electron chi connectivity index (χ2n) is 7.98. The third-order valence-corrected chi connectivity index (χ3v) is 5.78. The van der Waals surface area contributed by atoms with Gasteiger partial charge < -0.3 is 18.6 Å². The maximum atomic E-state index is 12.2. The van der Waals surface area contributed by atoms with Crippen molar-refractivity contribution in [3.05, 3.63) is 95.7 Å². The van der Waals surface area contributed by atoms with Crippen molar-refractivity contribution in [3.8, 4) is 0 Å². The molecule has 4 rings (SSSR count). The van der Waals surface area contributed by atoms with Crippen molar-refractivity contribution in [3.63, 3.8) is 0 Å². The van der Waals surface area contributed by atoms with Crippen molar-refractivity contribution in [1.29, 1.82) is 0 Å². The molecule has 7 nitrogen and oxygen atoms in total. The summed E-state index contributed by atoms with van der Waals surface area (Å²) in [4.78, 5) is 28.1. The molecule has 0 saturated heterocycles. The van der Waals surface area contributed by atoms with Gasteiger partial charge in [-0.3, -0.25) is 4.79 Å². The second kappa shape index (κ2) is 10.7. The van der Waals surface area contributed by atoms with Crippen molar-refractivity contribution in [2.24, 2.45) is 0 Å². The number of fused-ring (bicyclic) bond motifs is 1. The maximum Gasteiger partial charge on any atom is 0.331 e. The number of nitrogens with zero attached hydrogens (tertiary/aromatic N) is 3. The van der Waals surface area contributed by atoms with Crippen molar-refractivity contribution < 1.29 is 19.1 Å². The Kier molecular flexibility index (Phi) is 7.22. The van der Waals surface area contributed by atoms with Crippen LogP contribution in [0, 0.1) is 6.92 Å². The predicted octanol–water partition coefficient (Wildman–Crippen LogP) is 4.51. The molecular formula is C27H27N3O4. The zero-order valence-corrected chi connectivity index (χ0v) is 19.3. The van der Waals surface area contributed by atoms with E-state index in [1.807, 2.05) is 53.2 Å². The molecule has 174 valence electrons. The zero-order chi connectivity index (χ0) is 23.9. The number of aryl methyl sites for hydroxylation is 1. The minimum Gasteiger partial charge on any atom is -0.469 e. The summed E-state index contributed by atoms with van der Waals surface area (Å²) in [5.41, 5.74) is 5.08. The molecule has 0 fully saturated rings. The van der Waals surface area contributed by atoms with Crippen LogP contribution in [0.2, 0.25) is 0 Å². The van der Waals surface area contributed by atoms with Crippen molar-refractivity contribution in [2.45, 2.75) is 33.0 Å². The Hall–Kier alpha value is -4.13. The van der Waals surface area contributed by atoms with Gasteiger partial charge in [0.2, 0.25) is 0 Å². The molecule has 0 saturated carbocycles. The normalized spacial score (nSPS) is 11.2. The summed E-state index contributed by atoms with van der Waals surface area (Å²) in [6, 6.07) is 15.6. The average Bonchev–Trinajstić information content (AvgIpc) is 3.47. The Morgan fingerprint density at radius 2 is 1.94 bits per heavy atom. The second-order valence-corrected chi connectivity index (χ2v) is 7.98. The maximum absolute atomic E-state index is 12.2. The van der Waals surface area contributed by atoms with Crippen LogP contribution >= 0.6 is 0 Å². The molecule has 2 aromatic carbocycles. The highest BCUT2D eigenvalue weighted by Gasteiger charge is 2.16. The van der Waals surface area contributed by atoms with Gasteiger partial charge in [0.15, 0.2) is 0 Å². The Morgan fingerprint density at radius 1 is 1.12 bits per heavy atom. The van der Waals surface area contributed by atoms with Gasteiger partial charge >= 0.3 is 11.9 Å². The molecule has 4 aromatic rings. The topological polar surface area (TPSA) is 75.4 Å². The number of aromatic nitrogens is 3. The van der Waals surface area contributed by atoms with E-state index in [4.69, 9.17) is 9.47 Å². The van der Waals surface area contributed by atoms with Gasteiger partial charge in [0.1, 0.15) is 6.61 Å². The lowest BCUT2D eigenvalue weighted by Crippen LogP contribution is -2.08. The van der Waals surface area contributed by atoms with E-state index in [1.54, 1.807) is 18.6 Å².